The van der Waals surface area contributed by atoms with E-state index in [9.17, 15) is 9.59 Å². The summed E-state index contributed by atoms with van der Waals surface area (Å²) in [5.41, 5.74) is 3.14. The highest BCUT2D eigenvalue weighted by atomic mass is 16.5. The normalized spacial score (nSPS) is 10.4. The van der Waals surface area contributed by atoms with Crippen LogP contribution in [0.5, 0.6) is 5.75 Å². The second-order valence-corrected chi connectivity index (χ2v) is 6.58. The molecule has 0 radical (unpaired) electrons. The van der Waals surface area contributed by atoms with Gasteiger partial charge in [-0.1, -0.05) is 66.7 Å². The Morgan fingerprint density at radius 2 is 1.48 bits per heavy atom. The molecule has 1 amide bonds. The minimum absolute atomic E-state index is 0.330. The number of nitrogens with one attached hydrogen (secondary N) is 1. The number of aryl methyl sites for hydroxylation is 1. The van der Waals surface area contributed by atoms with Crippen molar-refractivity contribution in [3.05, 3.63) is 101 Å². The van der Waals surface area contributed by atoms with Crippen LogP contribution in [0.2, 0.25) is 0 Å². The molecule has 3 aromatic rings. The first-order valence-corrected chi connectivity index (χ1v) is 9.29. The smallest absolute Gasteiger partial charge is 0.338 e. The number of esters is 1. The Kier molecular flexibility index (Phi) is 6.63. The molecule has 0 unspecified atom stereocenters. The van der Waals surface area contributed by atoms with Crippen LogP contribution >= 0.6 is 0 Å². The fraction of sp³-hybridized carbons (Fsp3) is 0.167. The molecule has 3 rings (SSSR count). The molecule has 0 saturated carbocycles. The van der Waals surface area contributed by atoms with Crippen LogP contribution in [0, 0.1) is 6.92 Å². The van der Waals surface area contributed by atoms with Gasteiger partial charge in [-0.3, -0.25) is 4.79 Å². The molecule has 0 aliphatic carbocycles. The first-order chi connectivity index (χ1) is 14.1. The molecule has 0 fully saturated rings. The molecular formula is C24H23NO4. The van der Waals surface area contributed by atoms with Crippen molar-refractivity contribution in [3.63, 3.8) is 0 Å². The zero-order valence-corrected chi connectivity index (χ0v) is 16.4. The van der Waals surface area contributed by atoms with Crippen molar-refractivity contribution in [1.82, 2.24) is 5.32 Å². The number of benzene rings is 3. The highest BCUT2D eigenvalue weighted by molar-refractivity contribution is 5.92. The Bertz CT molecular complexity index is 931. The van der Waals surface area contributed by atoms with Crippen LogP contribution in [0.3, 0.4) is 0 Å². The van der Waals surface area contributed by atoms with E-state index in [0.29, 0.717) is 11.3 Å². The predicted molar refractivity (Wildman–Crippen MR) is 111 cm³/mol. The number of hydrogen-bond donors (Lipinski definition) is 1. The Morgan fingerprint density at radius 3 is 2.03 bits per heavy atom. The van der Waals surface area contributed by atoms with Gasteiger partial charge in [0.1, 0.15) is 5.75 Å². The summed E-state index contributed by atoms with van der Waals surface area (Å²) >= 11 is 0. The van der Waals surface area contributed by atoms with E-state index in [1.54, 1.807) is 18.2 Å². The molecule has 29 heavy (non-hydrogen) atoms. The summed E-state index contributed by atoms with van der Waals surface area (Å²) in [6.45, 7) is 1.51. The zero-order valence-electron chi connectivity index (χ0n) is 16.4. The summed E-state index contributed by atoms with van der Waals surface area (Å²) in [5, 5.41) is 2.95. The van der Waals surface area contributed by atoms with Crippen molar-refractivity contribution in [2.45, 2.75) is 13.0 Å². The Balaban J connectivity index is 1.67. The molecule has 1 N–H and O–H groups in total. The summed E-state index contributed by atoms with van der Waals surface area (Å²) < 4.78 is 10.4. The maximum Gasteiger partial charge on any atom is 0.338 e. The van der Waals surface area contributed by atoms with Gasteiger partial charge in [-0.05, 0) is 35.7 Å². The molecule has 0 saturated heterocycles. The first kappa shape index (κ1) is 20.1. The van der Waals surface area contributed by atoms with Crippen LogP contribution in [-0.2, 0) is 9.53 Å². The number of methoxy groups -OCH3 is 1. The standard InChI is InChI=1S/C24H23NO4/c1-17-13-14-20(15-21(17)28-2)24(27)29-16-22(26)25-23(18-9-5-3-6-10-18)19-11-7-4-8-12-19/h3-15,23H,16H2,1-2H3,(H,25,26). The van der Waals surface area contributed by atoms with E-state index in [0.717, 1.165) is 16.7 Å². The van der Waals surface area contributed by atoms with Crippen molar-refractivity contribution >= 4 is 11.9 Å². The van der Waals surface area contributed by atoms with Crippen molar-refractivity contribution in [1.29, 1.82) is 0 Å². The second-order valence-electron chi connectivity index (χ2n) is 6.58. The average Bonchev–Trinajstić information content (AvgIpc) is 2.77. The monoisotopic (exact) mass is 389 g/mol. The van der Waals surface area contributed by atoms with Gasteiger partial charge in [0.05, 0.1) is 18.7 Å². The summed E-state index contributed by atoms with van der Waals surface area (Å²) in [5.74, 6) is -0.360. The third-order valence-electron chi connectivity index (χ3n) is 4.55. The Morgan fingerprint density at radius 1 is 0.897 bits per heavy atom. The molecule has 5 heteroatoms. The first-order valence-electron chi connectivity index (χ1n) is 9.29. The van der Waals surface area contributed by atoms with Gasteiger partial charge in [0.2, 0.25) is 0 Å². The predicted octanol–water partition coefficient (Wildman–Crippen LogP) is 4.07. The van der Waals surface area contributed by atoms with Gasteiger partial charge in [-0.15, -0.1) is 0 Å². The number of rotatable bonds is 7. The van der Waals surface area contributed by atoms with E-state index >= 15 is 0 Å². The van der Waals surface area contributed by atoms with Crippen LogP contribution in [-0.4, -0.2) is 25.6 Å². The van der Waals surface area contributed by atoms with E-state index < -0.39 is 5.97 Å². The maximum absolute atomic E-state index is 12.5. The lowest BCUT2D eigenvalue weighted by Gasteiger charge is -2.20. The van der Waals surface area contributed by atoms with E-state index in [4.69, 9.17) is 9.47 Å². The largest absolute Gasteiger partial charge is 0.496 e. The number of carbonyl (C=O) groups is 2. The quantitative estimate of drug-likeness (QED) is 0.619. The molecule has 0 aliphatic rings. The van der Waals surface area contributed by atoms with Crippen molar-refractivity contribution in [3.8, 4) is 5.75 Å². The fourth-order valence-electron chi connectivity index (χ4n) is 3.01. The number of amides is 1. The summed E-state index contributed by atoms with van der Waals surface area (Å²) in [4.78, 5) is 24.8. The number of hydrogen-bond acceptors (Lipinski definition) is 4. The average molecular weight is 389 g/mol. The third-order valence-corrected chi connectivity index (χ3v) is 4.55. The van der Waals surface area contributed by atoms with E-state index in [-0.39, 0.29) is 18.6 Å². The van der Waals surface area contributed by atoms with Gasteiger partial charge in [-0.2, -0.15) is 0 Å². The van der Waals surface area contributed by atoms with Crippen LogP contribution in [0.1, 0.15) is 33.1 Å². The molecule has 0 aliphatic heterocycles. The van der Waals surface area contributed by atoms with Crippen molar-refractivity contribution in [2.75, 3.05) is 13.7 Å². The molecule has 0 aromatic heterocycles. The van der Waals surface area contributed by atoms with Crippen LogP contribution in [0.25, 0.3) is 0 Å². The summed E-state index contributed by atoms with van der Waals surface area (Å²) in [7, 11) is 1.54. The summed E-state index contributed by atoms with van der Waals surface area (Å²) in [6, 6.07) is 24.0. The molecule has 0 bridgehead atoms. The van der Waals surface area contributed by atoms with Gasteiger partial charge in [0.25, 0.3) is 5.91 Å². The highest BCUT2D eigenvalue weighted by Crippen LogP contribution is 2.22. The van der Waals surface area contributed by atoms with Gasteiger partial charge in [-0.25, -0.2) is 4.79 Å². The van der Waals surface area contributed by atoms with E-state index in [1.165, 1.54) is 7.11 Å². The molecule has 0 heterocycles. The number of ether oxygens (including phenoxy) is 2. The lowest BCUT2D eigenvalue weighted by Crippen LogP contribution is -2.33. The van der Waals surface area contributed by atoms with Crippen molar-refractivity contribution < 1.29 is 19.1 Å². The van der Waals surface area contributed by atoms with Gasteiger partial charge in [0, 0.05) is 0 Å². The zero-order chi connectivity index (χ0) is 20.6. The second kappa shape index (κ2) is 9.55. The Hall–Kier alpha value is -3.60. The number of carbonyl (C=O) groups excluding carboxylic acids is 2. The molecule has 5 nitrogen and oxygen atoms in total. The topological polar surface area (TPSA) is 64.6 Å². The van der Waals surface area contributed by atoms with Crippen LogP contribution in [0.4, 0.5) is 0 Å². The molecular weight excluding hydrogens is 366 g/mol. The lowest BCUT2D eigenvalue weighted by molar-refractivity contribution is -0.124. The van der Waals surface area contributed by atoms with Gasteiger partial charge >= 0.3 is 5.97 Å². The Labute approximate surface area is 170 Å². The van der Waals surface area contributed by atoms with Gasteiger partial charge in [0.15, 0.2) is 6.61 Å². The third kappa shape index (κ3) is 5.23. The van der Waals surface area contributed by atoms with E-state index in [1.807, 2.05) is 67.6 Å². The minimum Gasteiger partial charge on any atom is -0.496 e. The SMILES string of the molecule is COc1cc(C(=O)OCC(=O)NC(c2ccccc2)c2ccccc2)ccc1C. The molecule has 148 valence electrons. The molecule has 0 atom stereocenters. The van der Waals surface area contributed by atoms with Crippen LogP contribution < -0.4 is 10.1 Å². The lowest BCUT2D eigenvalue weighted by atomic mass is 9.99. The van der Waals surface area contributed by atoms with Gasteiger partial charge < -0.3 is 14.8 Å². The molecule has 0 spiro atoms. The minimum atomic E-state index is -0.575. The summed E-state index contributed by atoms with van der Waals surface area (Å²) in [6.07, 6.45) is 0. The van der Waals surface area contributed by atoms with Crippen molar-refractivity contribution in [2.24, 2.45) is 0 Å². The highest BCUT2D eigenvalue weighted by Gasteiger charge is 2.18. The molecule has 3 aromatic carbocycles. The van der Waals surface area contributed by atoms with Crippen LogP contribution in [0.15, 0.2) is 78.9 Å². The fourth-order valence-corrected chi connectivity index (χ4v) is 3.01. The van der Waals surface area contributed by atoms with E-state index in [2.05, 4.69) is 5.32 Å². The maximum atomic E-state index is 12.5.